The smallest absolute Gasteiger partial charge is 0.387 e. The Labute approximate surface area is 177 Å². The Morgan fingerprint density at radius 2 is 1.93 bits per heavy atom. The van der Waals surface area contributed by atoms with E-state index >= 15 is 0 Å². The summed E-state index contributed by atoms with van der Waals surface area (Å²) in [6.07, 6.45) is -5.17. The van der Waals surface area contributed by atoms with E-state index in [1.165, 1.54) is 0 Å². The van der Waals surface area contributed by atoms with E-state index in [9.17, 15) is 18.3 Å². The van der Waals surface area contributed by atoms with Crippen molar-refractivity contribution >= 4 is 41.3 Å². The number of thiazole rings is 1. The zero-order chi connectivity index (χ0) is 19.2. The van der Waals surface area contributed by atoms with Crippen LogP contribution in [0.15, 0.2) is 34.6 Å². The Morgan fingerprint density at radius 1 is 1.26 bits per heavy atom. The van der Waals surface area contributed by atoms with Crippen LogP contribution in [0.4, 0.5) is 13.2 Å². The predicted octanol–water partition coefficient (Wildman–Crippen LogP) is 3.88. The fraction of sp³-hybridized carbons (Fsp3) is 0.412. The van der Waals surface area contributed by atoms with Gasteiger partial charge in [-0.15, -0.1) is 35.3 Å². The Hall–Kier alpha value is -1.40. The van der Waals surface area contributed by atoms with Crippen molar-refractivity contribution in [3.63, 3.8) is 0 Å². The molecule has 0 saturated heterocycles. The number of benzene rings is 1. The van der Waals surface area contributed by atoms with Crippen molar-refractivity contribution in [1.82, 2.24) is 15.6 Å². The van der Waals surface area contributed by atoms with Crippen LogP contribution in [0.5, 0.6) is 0 Å². The third-order valence-electron chi connectivity index (χ3n) is 3.48. The first-order valence-electron chi connectivity index (χ1n) is 8.08. The normalized spacial score (nSPS) is 13.0. The molecular weight excluding hydrogens is 492 g/mol. The lowest BCUT2D eigenvalue weighted by atomic mass is 10.1. The van der Waals surface area contributed by atoms with E-state index in [0.717, 1.165) is 27.8 Å². The van der Waals surface area contributed by atoms with Gasteiger partial charge >= 0.3 is 6.18 Å². The van der Waals surface area contributed by atoms with Gasteiger partial charge in [0, 0.05) is 18.5 Å². The van der Waals surface area contributed by atoms with E-state index in [1.54, 1.807) is 0 Å². The summed E-state index contributed by atoms with van der Waals surface area (Å²) in [6.45, 7) is 4.67. The monoisotopic (exact) mass is 514 g/mol. The quantitative estimate of drug-likeness (QED) is 0.311. The van der Waals surface area contributed by atoms with Gasteiger partial charge in [0.15, 0.2) is 11.7 Å². The number of aliphatic hydroxyl groups excluding tert-OH is 1. The van der Waals surface area contributed by atoms with E-state index in [-0.39, 0.29) is 42.1 Å². The summed E-state index contributed by atoms with van der Waals surface area (Å²) >= 11 is 0.916. The Bertz CT molecular complexity index is 735. The molecule has 3 N–H and O–H groups in total. The molecule has 2 rings (SSSR count). The fourth-order valence-corrected chi connectivity index (χ4v) is 2.83. The topological polar surface area (TPSA) is 69.5 Å². The Kier molecular flexibility index (Phi) is 9.47. The highest BCUT2D eigenvalue weighted by molar-refractivity contribution is 14.0. The maximum Gasteiger partial charge on any atom is 0.434 e. The van der Waals surface area contributed by atoms with Crippen LogP contribution >= 0.6 is 35.3 Å². The van der Waals surface area contributed by atoms with Crippen molar-refractivity contribution in [2.45, 2.75) is 32.7 Å². The number of alkyl halides is 3. The van der Waals surface area contributed by atoms with Crippen molar-refractivity contribution in [3.05, 3.63) is 51.5 Å². The van der Waals surface area contributed by atoms with E-state index in [0.29, 0.717) is 12.5 Å². The zero-order valence-electron chi connectivity index (χ0n) is 14.9. The average Bonchev–Trinajstić information content (AvgIpc) is 3.07. The summed E-state index contributed by atoms with van der Waals surface area (Å²) in [5.74, 6) is 0.405. The summed E-state index contributed by atoms with van der Waals surface area (Å²) in [5, 5.41) is 17.4. The summed E-state index contributed by atoms with van der Waals surface area (Å²) in [5.41, 5.74) is 0.972. The van der Waals surface area contributed by atoms with Crippen LogP contribution < -0.4 is 10.6 Å². The first-order valence-corrected chi connectivity index (χ1v) is 8.96. The van der Waals surface area contributed by atoms with Gasteiger partial charge in [-0.25, -0.2) is 9.98 Å². The Balaban J connectivity index is 0.00000364. The molecule has 0 saturated carbocycles. The molecule has 0 aliphatic rings. The predicted molar refractivity (Wildman–Crippen MR) is 111 cm³/mol. The number of nitrogens with one attached hydrogen (secondary N) is 2. The number of hydrogen-bond acceptors (Lipinski definition) is 4. The summed E-state index contributed by atoms with van der Waals surface area (Å²) in [7, 11) is 0. The number of aliphatic imine (C=N–C) groups is 1. The van der Waals surface area contributed by atoms with E-state index in [1.807, 2.05) is 38.1 Å². The van der Waals surface area contributed by atoms with Gasteiger partial charge < -0.3 is 15.7 Å². The van der Waals surface area contributed by atoms with Gasteiger partial charge in [-0.3, -0.25) is 0 Å². The first kappa shape index (κ1) is 23.6. The lowest BCUT2D eigenvalue weighted by Crippen LogP contribution is -2.39. The average molecular weight is 514 g/mol. The van der Waals surface area contributed by atoms with Crippen molar-refractivity contribution < 1.29 is 18.3 Å². The highest BCUT2D eigenvalue weighted by Gasteiger charge is 2.33. The van der Waals surface area contributed by atoms with Gasteiger partial charge in [-0.2, -0.15) is 13.2 Å². The summed E-state index contributed by atoms with van der Waals surface area (Å²) in [4.78, 5) is 7.77. The standard InChI is InChI=1S/C17H21F3N4OS.HI/c1-3-21-16(22-8-13(25)12-6-4-11(2)5-7-12)23-9-15-24-14(10-26-15)17(18,19)20;/h4-7,10,13,25H,3,8-9H2,1-2H3,(H2,21,22,23);1H. The number of halogens is 4. The highest BCUT2D eigenvalue weighted by atomic mass is 127. The van der Waals surface area contributed by atoms with Crippen LogP contribution in [0, 0.1) is 6.92 Å². The largest absolute Gasteiger partial charge is 0.434 e. The molecule has 0 aliphatic carbocycles. The van der Waals surface area contributed by atoms with Crippen LogP contribution in [0.3, 0.4) is 0 Å². The molecule has 1 atom stereocenters. The molecule has 0 aliphatic heterocycles. The molecule has 1 unspecified atom stereocenters. The van der Waals surface area contributed by atoms with Gasteiger partial charge in [0.25, 0.3) is 0 Å². The van der Waals surface area contributed by atoms with Crippen LogP contribution in [0.1, 0.15) is 34.9 Å². The maximum absolute atomic E-state index is 12.6. The van der Waals surface area contributed by atoms with Crippen molar-refractivity contribution in [1.29, 1.82) is 0 Å². The molecule has 10 heteroatoms. The van der Waals surface area contributed by atoms with E-state index in [2.05, 4.69) is 20.6 Å². The van der Waals surface area contributed by atoms with Crippen molar-refractivity contribution in [3.8, 4) is 0 Å². The molecule has 1 aromatic carbocycles. The number of hydrogen-bond donors (Lipinski definition) is 3. The van der Waals surface area contributed by atoms with Crippen LogP contribution in [-0.2, 0) is 12.7 Å². The number of guanidine groups is 1. The molecular formula is C17H22F3IN4OS. The fourth-order valence-electron chi connectivity index (χ4n) is 2.10. The van der Waals surface area contributed by atoms with Crippen LogP contribution in [0.2, 0.25) is 0 Å². The third kappa shape index (κ3) is 7.62. The van der Waals surface area contributed by atoms with Gasteiger partial charge in [0.05, 0.1) is 12.6 Å². The number of rotatable bonds is 6. The number of aromatic nitrogens is 1. The minimum absolute atomic E-state index is 0. The lowest BCUT2D eigenvalue weighted by molar-refractivity contribution is -0.140. The molecule has 0 fully saturated rings. The van der Waals surface area contributed by atoms with Gasteiger partial charge in [-0.1, -0.05) is 29.8 Å². The third-order valence-corrected chi connectivity index (χ3v) is 4.32. The van der Waals surface area contributed by atoms with Crippen molar-refractivity contribution in [2.75, 3.05) is 13.1 Å². The molecule has 1 aromatic heterocycles. The highest BCUT2D eigenvalue weighted by Crippen LogP contribution is 2.30. The molecule has 0 amide bonds. The molecule has 0 spiro atoms. The lowest BCUT2D eigenvalue weighted by Gasteiger charge is -2.15. The Morgan fingerprint density at radius 3 is 2.48 bits per heavy atom. The van der Waals surface area contributed by atoms with Gasteiger partial charge in [-0.05, 0) is 19.4 Å². The van der Waals surface area contributed by atoms with Gasteiger partial charge in [0.1, 0.15) is 5.01 Å². The van der Waals surface area contributed by atoms with Gasteiger partial charge in [0.2, 0.25) is 0 Å². The summed E-state index contributed by atoms with van der Waals surface area (Å²) < 4.78 is 37.7. The molecule has 5 nitrogen and oxygen atoms in total. The second-order valence-electron chi connectivity index (χ2n) is 5.63. The summed E-state index contributed by atoms with van der Waals surface area (Å²) in [6, 6.07) is 7.52. The van der Waals surface area contributed by atoms with E-state index in [4.69, 9.17) is 0 Å². The molecule has 2 aromatic rings. The SMILES string of the molecule is CCNC(=NCc1nc(C(F)(F)F)cs1)NCC(O)c1ccc(C)cc1.I. The van der Waals surface area contributed by atoms with Crippen molar-refractivity contribution in [2.24, 2.45) is 4.99 Å². The molecule has 0 radical (unpaired) electrons. The second kappa shape index (κ2) is 10.8. The zero-order valence-corrected chi connectivity index (χ0v) is 18.0. The minimum Gasteiger partial charge on any atom is -0.387 e. The first-order chi connectivity index (χ1) is 12.3. The van der Waals surface area contributed by atoms with Crippen LogP contribution in [-0.4, -0.2) is 29.1 Å². The maximum atomic E-state index is 12.6. The minimum atomic E-state index is -4.45. The second-order valence-corrected chi connectivity index (χ2v) is 6.57. The van der Waals surface area contributed by atoms with Crippen LogP contribution in [0.25, 0.3) is 0 Å². The molecule has 0 bridgehead atoms. The molecule has 150 valence electrons. The molecule has 1 heterocycles. The van der Waals surface area contributed by atoms with E-state index < -0.39 is 18.0 Å². The molecule has 27 heavy (non-hydrogen) atoms. The number of aryl methyl sites for hydroxylation is 1. The number of aliphatic hydroxyl groups is 1. The number of nitrogens with zero attached hydrogens (tertiary/aromatic N) is 2.